The summed E-state index contributed by atoms with van der Waals surface area (Å²) >= 11 is 0. The molecule has 104 valence electrons. The Morgan fingerprint density at radius 1 is 1.44 bits per heavy atom. The van der Waals surface area contributed by atoms with Gasteiger partial charge in [-0.05, 0) is 37.5 Å². The fraction of sp³-hybridized carbons (Fsp3) is 0.667. The summed E-state index contributed by atoms with van der Waals surface area (Å²) in [5, 5.41) is 0.884. The first-order valence-corrected chi connectivity index (χ1v) is 8.61. The Bertz CT molecular complexity index is 341. The van der Waals surface area contributed by atoms with Crippen LogP contribution in [0.3, 0.4) is 0 Å². The zero-order valence-electron chi connectivity index (χ0n) is 12.3. The minimum atomic E-state index is -0.852. The highest BCUT2D eigenvalue weighted by atomic mass is 32.3. The molecule has 0 rings (SSSR count). The molecule has 0 amide bonds. The predicted octanol–water partition coefficient (Wildman–Crippen LogP) is 3.36. The topological polar surface area (TPSA) is 26.3 Å². The van der Waals surface area contributed by atoms with E-state index in [1.165, 1.54) is 0 Å². The van der Waals surface area contributed by atoms with E-state index in [0.717, 1.165) is 12.2 Å². The molecule has 0 fully saturated rings. The van der Waals surface area contributed by atoms with Crippen LogP contribution < -0.4 is 0 Å². The fourth-order valence-corrected chi connectivity index (χ4v) is 4.33. The van der Waals surface area contributed by atoms with E-state index in [9.17, 15) is 4.79 Å². The summed E-state index contributed by atoms with van der Waals surface area (Å²) < 4.78 is 5.12. The van der Waals surface area contributed by atoms with Gasteiger partial charge in [-0.3, -0.25) is 0 Å². The predicted molar refractivity (Wildman–Crippen MR) is 82.2 cm³/mol. The maximum atomic E-state index is 11.2. The van der Waals surface area contributed by atoms with Crippen LogP contribution >= 0.6 is 10.0 Å². The second-order valence-electron chi connectivity index (χ2n) is 5.06. The molecule has 3 heteroatoms. The standard InChI is InChI=1S/C15H26O2S/c1-8-14(6)18(7,13(4)5)11-9-10-17-15(16)12(2)3/h1,13-14H,2,9-11H2,3-7H3. The Morgan fingerprint density at radius 3 is 2.39 bits per heavy atom. The van der Waals surface area contributed by atoms with Crippen molar-refractivity contribution in [2.45, 2.75) is 44.6 Å². The van der Waals surface area contributed by atoms with E-state index < -0.39 is 10.0 Å². The third kappa shape index (κ3) is 4.78. The van der Waals surface area contributed by atoms with Crippen LogP contribution in [-0.4, -0.2) is 35.1 Å². The number of ether oxygens (including phenoxy) is 1. The zero-order chi connectivity index (χ0) is 14.3. The maximum Gasteiger partial charge on any atom is 0.333 e. The molecule has 0 radical (unpaired) electrons. The normalized spacial score (nSPS) is 17.4. The van der Waals surface area contributed by atoms with E-state index in [1.54, 1.807) is 6.92 Å². The van der Waals surface area contributed by atoms with Gasteiger partial charge in [-0.25, -0.2) is 14.8 Å². The van der Waals surface area contributed by atoms with Gasteiger partial charge in [-0.2, -0.15) is 0 Å². The molecule has 0 aromatic rings. The molecule has 0 aliphatic rings. The minimum absolute atomic E-state index is 0.300. The monoisotopic (exact) mass is 270 g/mol. The molecule has 0 bridgehead atoms. The van der Waals surface area contributed by atoms with Gasteiger partial charge in [0.1, 0.15) is 0 Å². The molecule has 0 aliphatic heterocycles. The van der Waals surface area contributed by atoms with Crippen LogP contribution in [-0.2, 0) is 9.53 Å². The average Bonchev–Trinajstić information content (AvgIpc) is 2.32. The van der Waals surface area contributed by atoms with Crippen LogP contribution in [0, 0.1) is 12.3 Å². The van der Waals surface area contributed by atoms with E-state index >= 15 is 0 Å². The summed E-state index contributed by atoms with van der Waals surface area (Å²) in [4.78, 5) is 11.2. The molecule has 2 atom stereocenters. The van der Waals surface area contributed by atoms with Crippen molar-refractivity contribution in [3.05, 3.63) is 12.2 Å². The lowest BCUT2D eigenvalue weighted by Gasteiger charge is -2.43. The molecule has 0 saturated carbocycles. The van der Waals surface area contributed by atoms with E-state index in [4.69, 9.17) is 11.2 Å². The number of carbonyl (C=O) groups excluding carboxylic acids is 1. The van der Waals surface area contributed by atoms with Gasteiger partial charge >= 0.3 is 5.97 Å². The smallest absolute Gasteiger partial charge is 0.333 e. The molecule has 0 saturated heterocycles. The Hall–Kier alpha value is -0.880. The van der Waals surface area contributed by atoms with Crippen molar-refractivity contribution in [2.75, 3.05) is 18.6 Å². The fourth-order valence-electron chi connectivity index (χ4n) is 1.63. The van der Waals surface area contributed by atoms with Crippen molar-refractivity contribution >= 4 is 16.0 Å². The number of hydrogen-bond donors (Lipinski definition) is 0. The van der Waals surface area contributed by atoms with E-state index in [0.29, 0.717) is 22.7 Å². The highest BCUT2D eigenvalue weighted by molar-refractivity contribution is 8.34. The van der Waals surface area contributed by atoms with Crippen LogP contribution in [0.1, 0.15) is 34.1 Å². The summed E-state index contributed by atoms with van der Waals surface area (Å²) in [6.07, 6.45) is 8.73. The average molecular weight is 270 g/mol. The van der Waals surface area contributed by atoms with Crippen LogP contribution in [0.15, 0.2) is 12.2 Å². The van der Waals surface area contributed by atoms with Gasteiger partial charge in [-0.1, -0.05) is 26.3 Å². The number of hydrogen-bond acceptors (Lipinski definition) is 2. The van der Waals surface area contributed by atoms with E-state index in [1.807, 2.05) is 0 Å². The lowest BCUT2D eigenvalue weighted by atomic mass is 10.4. The van der Waals surface area contributed by atoms with Crippen molar-refractivity contribution in [1.82, 2.24) is 0 Å². The van der Waals surface area contributed by atoms with Crippen LogP contribution in [0.2, 0.25) is 0 Å². The number of carbonyl (C=O) groups is 1. The molecule has 2 unspecified atom stereocenters. The molecule has 2 nitrogen and oxygen atoms in total. The first-order valence-electron chi connectivity index (χ1n) is 6.28. The van der Waals surface area contributed by atoms with E-state index in [2.05, 4.69) is 39.5 Å². The maximum absolute atomic E-state index is 11.2. The highest BCUT2D eigenvalue weighted by Crippen LogP contribution is 2.53. The summed E-state index contributed by atoms with van der Waals surface area (Å²) in [5.41, 5.74) is 0.450. The van der Waals surface area contributed by atoms with Crippen LogP contribution in [0.4, 0.5) is 0 Å². The van der Waals surface area contributed by atoms with Gasteiger partial charge in [0.15, 0.2) is 0 Å². The Kier molecular flexibility index (Phi) is 7.16. The molecule has 0 spiro atoms. The Balaban J connectivity index is 4.28. The molecule has 0 aromatic carbocycles. The van der Waals surface area contributed by atoms with Crippen molar-refractivity contribution in [3.63, 3.8) is 0 Å². The Labute approximate surface area is 113 Å². The lowest BCUT2D eigenvalue weighted by molar-refractivity contribution is -0.138. The van der Waals surface area contributed by atoms with Crippen molar-refractivity contribution < 1.29 is 9.53 Å². The molecular formula is C15H26O2S. The second kappa shape index (κ2) is 7.53. The zero-order valence-corrected chi connectivity index (χ0v) is 13.1. The van der Waals surface area contributed by atoms with Gasteiger partial charge in [0.2, 0.25) is 0 Å². The van der Waals surface area contributed by atoms with Crippen molar-refractivity contribution in [3.8, 4) is 12.3 Å². The number of terminal acetylenes is 1. The third-order valence-corrected chi connectivity index (χ3v) is 8.50. The summed E-state index contributed by atoms with van der Waals surface area (Å²) in [7, 11) is -0.852. The van der Waals surface area contributed by atoms with Crippen LogP contribution in [0.5, 0.6) is 0 Å². The summed E-state index contributed by atoms with van der Waals surface area (Å²) in [5.74, 6) is 3.61. The second-order valence-corrected chi connectivity index (χ2v) is 9.58. The summed E-state index contributed by atoms with van der Waals surface area (Å²) in [6.45, 7) is 12.2. The first kappa shape index (κ1) is 17.1. The Morgan fingerprint density at radius 2 is 2.00 bits per heavy atom. The molecule has 0 aromatic heterocycles. The largest absolute Gasteiger partial charge is 0.462 e. The molecule has 0 heterocycles. The highest BCUT2D eigenvalue weighted by Gasteiger charge is 2.27. The van der Waals surface area contributed by atoms with Crippen LogP contribution in [0.25, 0.3) is 0 Å². The quantitative estimate of drug-likeness (QED) is 0.307. The van der Waals surface area contributed by atoms with Crippen molar-refractivity contribution in [2.24, 2.45) is 0 Å². The molecular weight excluding hydrogens is 244 g/mol. The van der Waals surface area contributed by atoms with Gasteiger partial charge in [0.05, 0.1) is 6.61 Å². The third-order valence-electron chi connectivity index (χ3n) is 3.43. The van der Waals surface area contributed by atoms with Gasteiger partial charge in [0.25, 0.3) is 0 Å². The van der Waals surface area contributed by atoms with Gasteiger partial charge in [-0.15, -0.1) is 6.42 Å². The van der Waals surface area contributed by atoms with Gasteiger partial charge < -0.3 is 4.74 Å². The van der Waals surface area contributed by atoms with Gasteiger partial charge in [0, 0.05) is 10.8 Å². The van der Waals surface area contributed by atoms with Crippen molar-refractivity contribution in [1.29, 1.82) is 0 Å². The summed E-state index contributed by atoms with van der Waals surface area (Å²) in [6, 6.07) is 0. The van der Waals surface area contributed by atoms with E-state index in [-0.39, 0.29) is 5.97 Å². The number of rotatable bonds is 7. The molecule has 0 aliphatic carbocycles. The molecule has 0 N–H and O–H groups in total. The lowest BCUT2D eigenvalue weighted by Crippen LogP contribution is -2.25. The SMILES string of the molecule is C#CC(C)S(C)(CCCOC(=O)C(=C)C)C(C)C. The first-order chi connectivity index (χ1) is 8.25. The number of esters is 1. The minimum Gasteiger partial charge on any atom is -0.462 e. The molecule has 18 heavy (non-hydrogen) atoms.